The van der Waals surface area contributed by atoms with Gasteiger partial charge in [0.1, 0.15) is 0 Å². The number of carbonyl (C=O) groups is 1. The van der Waals surface area contributed by atoms with Gasteiger partial charge in [-0.1, -0.05) is 30.8 Å². The Labute approximate surface area is 142 Å². The molecule has 0 radical (unpaired) electrons. The number of aromatic nitrogens is 4. The maximum atomic E-state index is 11.6. The summed E-state index contributed by atoms with van der Waals surface area (Å²) in [6.07, 6.45) is 0.708. The third kappa shape index (κ3) is 3.18. The number of carbonyl (C=O) groups excluding carboxylic acids is 1. The second-order valence-corrected chi connectivity index (χ2v) is 6.04. The van der Waals surface area contributed by atoms with Crippen molar-refractivity contribution in [2.75, 3.05) is 7.11 Å². The number of ether oxygens (including phenoxy) is 1. The van der Waals surface area contributed by atoms with E-state index in [1.165, 1.54) is 18.9 Å². The third-order valence-electron chi connectivity index (χ3n) is 3.56. The molecule has 0 spiro atoms. The zero-order valence-corrected chi connectivity index (χ0v) is 14.1. The van der Waals surface area contributed by atoms with Crippen molar-refractivity contribution < 1.29 is 9.53 Å². The van der Waals surface area contributed by atoms with E-state index in [1.807, 2.05) is 23.5 Å². The highest BCUT2D eigenvalue weighted by atomic mass is 32.2. The van der Waals surface area contributed by atoms with Gasteiger partial charge in [-0.05, 0) is 24.1 Å². The molecule has 0 aliphatic rings. The molecule has 0 aliphatic heterocycles. The molecule has 0 bridgehead atoms. The van der Waals surface area contributed by atoms with Gasteiger partial charge in [-0.25, -0.2) is 4.79 Å². The number of aromatic amines is 1. The maximum Gasteiger partial charge on any atom is 0.337 e. The van der Waals surface area contributed by atoms with E-state index in [4.69, 9.17) is 0 Å². The zero-order valence-electron chi connectivity index (χ0n) is 13.3. The zero-order chi connectivity index (χ0) is 17.1. The van der Waals surface area contributed by atoms with Gasteiger partial charge in [-0.3, -0.25) is 14.2 Å². The summed E-state index contributed by atoms with van der Waals surface area (Å²) < 4.78 is 6.54. The van der Waals surface area contributed by atoms with Gasteiger partial charge in [0.05, 0.1) is 12.7 Å². The summed E-state index contributed by atoms with van der Waals surface area (Å²) in [5.41, 5.74) is 2.25. The molecule has 0 atom stereocenters. The molecule has 0 unspecified atom stereocenters. The molecule has 0 saturated heterocycles. The molecule has 24 heavy (non-hydrogen) atoms. The van der Waals surface area contributed by atoms with Gasteiger partial charge in [0.25, 0.3) is 5.56 Å². The molecule has 0 aliphatic carbocycles. The van der Waals surface area contributed by atoms with Gasteiger partial charge in [0.15, 0.2) is 5.16 Å². The summed E-state index contributed by atoms with van der Waals surface area (Å²) in [6.45, 7) is 1.98. The first-order valence-electron chi connectivity index (χ1n) is 7.39. The molecule has 2 heterocycles. The number of benzene rings is 1. The first-order valence-corrected chi connectivity index (χ1v) is 8.38. The van der Waals surface area contributed by atoms with Crippen molar-refractivity contribution in [1.82, 2.24) is 19.6 Å². The number of nitrogens with zero attached hydrogens (tertiary/aromatic N) is 3. The van der Waals surface area contributed by atoms with Crippen molar-refractivity contribution in [2.24, 2.45) is 0 Å². The van der Waals surface area contributed by atoms with Crippen LogP contribution in [0.4, 0.5) is 0 Å². The van der Waals surface area contributed by atoms with Gasteiger partial charge >= 0.3 is 5.97 Å². The van der Waals surface area contributed by atoms with Crippen LogP contribution in [0.2, 0.25) is 0 Å². The molecule has 124 valence electrons. The van der Waals surface area contributed by atoms with Crippen LogP contribution in [-0.4, -0.2) is 32.7 Å². The Kier molecular flexibility index (Phi) is 4.66. The van der Waals surface area contributed by atoms with E-state index >= 15 is 0 Å². The van der Waals surface area contributed by atoms with Crippen LogP contribution in [0.1, 0.15) is 28.5 Å². The highest BCUT2D eigenvalue weighted by molar-refractivity contribution is 7.98. The number of thioether (sulfide) groups is 1. The number of hydrogen-bond donors (Lipinski definition) is 1. The Morgan fingerprint density at radius 3 is 2.71 bits per heavy atom. The number of esters is 1. The summed E-state index contributed by atoms with van der Waals surface area (Å²) in [4.78, 5) is 25.7. The molecular weight excluding hydrogens is 328 g/mol. The van der Waals surface area contributed by atoms with Gasteiger partial charge in [0, 0.05) is 17.5 Å². The Hall–Kier alpha value is -2.61. The third-order valence-corrected chi connectivity index (χ3v) is 4.56. The number of aryl methyl sites for hydroxylation is 1. The first-order chi connectivity index (χ1) is 11.6. The molecule has 0 saturated carbocycles. The Morgan fingerprint density at radius 2 is 2.04 bits per heavy atom. The monoisotopic (exact) mass is 344 g/mol. The Balaban J connectivity index is 1.81. The first kappa shape index (κ1) is 16.3. The number of H-pyrrole nitrogens is 1. The normalized spacial score (nSPS) is 10.9. The number of rotatable bonds is 5. The van der Waals surface area contributed by atoms with E-state index in [0.717, 1.165) is 16.4 Å². The second kappa shape index (κ2) is 6.88. The van der Waals surface area contributed by atoms with Crippen molar-refractivity contribution in [3.63, 3.8) is 0 Å². The van der Waals surface area contributed by atoms with E-state index in [-0.39, 0.29) is 11.5 Å². The van der Waals surface area contributed by atoms with Crippen LogP contribution in [0.5, 0.6) is 0 Å². The van der Waals surface area contributed by atoms with Crippen LogP contribution in [0.25, 0.3) is 5.78 Å². The van der Waals surface area contributed by atoms with Gasteiger partial charge in [-0.15, -0.1) is 10.2 Å². The van der Waals surface area contributed by atoms with Crippen LogP contribution in [0.3, 0.4) is 0 Å². The minimum atomic E-state index is -0.353. The molecule has 3 aromatic rings. The Morgan fingerprint density at radius 1 is 1.29 bits per heavy atom. The molecule has 2 aromatic heterocycles. The second-order valence-electron chi connectivity index (χ2n) is 5.10. The quantitative estimate of drug-likeness (QED) is 0.563. The number of fused-ring (bicyclic) bond motifs is 1. The van der Waals surface area contributed by atoms with Gasteiger partial charge in [0.2, 0.25) is 5.78 Å². The predicted molar refractivity (Wildman–Crippen MR) is 90.3 cm³/mol. The highest BCUT2D eigenvalue weighted by Crippen LogP contribution is 2.22. The Bertz CT molecular complexity index is 931. The fraction of sp³-hybridized carbons (Fsp3) is 0.250. The van der Waals surface area contributed by atoms with Crippen molar-refractivity contribution in [1.29, 1.82) is 0 Å². The summed E-state index contributed by atoms with van der Waals surface area (Å²) in [6, 6.07) is 8.79. The van der Waals surface area contributed by atoms with E-state index in [2.05, 4.69) is 19.9 Å². The van der Waals surface area contributed by atoms with Crippen molar-refractivity contribution in [2.45, 2.75) is 24.3 Å². The molecule has 0 fully saturated rings. The summed E-state index contributed by atoms with van der Waals surface area (Å²) in [7, 11) is 1.36. The van der Waals surface area contributed by atoms with Gasteiger partial charge in [-0.2, -0.15) is 0 Å². The lowest BCUT2D eigenvalue weighted by Gasteiger charge is -2.05. The van der Waals surface area contributed by atoms with Crippen LogP contribution in [0.15, 0.2) is 40.3 Å². The van der Waals surface area contributed by atoms with Crippen LogP contribution >= 0.6 is 11.8 Å². The van der Waals surface area contributed by atoms with Crippen molar-refractivity contribution in [3.8, 4) is 0 Å². The molecule has 7 nitrogen and oxygen atoms in total. The lowest BCUT2D eigenvalue weighted by atomic mass is 10.1. The molecule has 8 heteroatoms. The van der Waals surface area contributed by atoms with Crippen molar-refractivity contribution in [3.05, 3.63) is 57.5 Å². The van der Waals surface area contributed by atoms with E-state index in [9.17, 15) is 9.59 Å². The predicted octanol–water partition coefficient (Wildman–Crippen LogP) is 2.06. The van der Waals surface area contributed by atoms with E-state index < -0.39 is 0 Å². The smallest absolute Gasteiger partial charge is 0.337 e. The highest BCUT2D eigenvalue weighted by Gasteiger charge is 2.11. The fourth-order valence-electron chi connectivity index (χ4n) is 2.33. The number of nitrogens with one attached hydrogen (secondary N) is 1. The summed E-state index contributed by atoms with van der Waals surface area (Å²) >= 11 is 1.52. The molecular formula is C16H16N4O3S. The number of methoxy groups -OCH3 is 1. The van der Waals surface area contributed by atoms with Crippen LogP contribution in [-0.2, 0) is 16.9 Å². The van der Waals surface area contributed by atoms with Crippen LogP contribution < -0.4 is 5.56 Å². The number of hydrogen-bond acceptors (Lipinski definition) is 6. The molecule has 1 N–H and O–H groups in total. The minimum absolute atomic E-state index is 0.179. The maximum absolute atomic E-state index is 11.6. The summed E-state index contributed by atoms with van der Waals surface area (Å²) in [5, 5.41) is 8.89. The van der Waals surface area contributed by atoms with Crippen molar-refractivity contribution >= 4 is 23.5 Å². The lowest BCUT2D eigenvalue weighted by molar-refractivity contribution is 0.0600. The van der Waals surface area contributed by atoms with Crippen LogP contribution in [0, 0.1) is 0 Å². The van der Waals surface area contributed by atoms with Gasteiger partial charge < -0.3 is 4.74 Å². The average molecular weight is 344 g/mol. The fourth-order valence-corrected chi connectivity index (χ4v) is 3.25. The molecule has 1 aromatic carbocycles. The topological polar surface area (TPSA) is 89.4 Å². The van der Waals surface area contributed by atoms with E-state index in [1.54, 1.807) is 18.2 Å². The molecule has 3 rings (SSSR count). The molecule has 0 amide bonds. The minimum Gasteiger partial charge on any atom is -0.465 e. The largest absolute Gasteiger partial charge is 0.465 e. The average Bonchev–Trinajstić information content (AvgIpc) is 3.01. The standard InChI is InChI=1S/C16H16N4O3S/c1-3-12-8-13(21)17-15-18-19-16(20(12)15)24-9-10-4-6-11(7-5-10)14(22)23-2/h4-8H,3,9H2,1-2H3,(H,17,18,21). The van der Waals surface area contributed by atoms with E-state index in [0.29, 0.717) is 23.5 Å². The SMILES string of the molecule is CCc1cc(=O)[nH]c2nnc(SCc3ccc(C(=O)OC)cc3)n12. The lowest BCUT2D eigenvalue weighted by Crippen LogP contribution is -2.11. The summed E-state index contributed by atoms with van der Waals surface area (Å²) in [5.74, 6) is 0.766.